The maximum atomic E-state index is 12.5. The van der Waals surface area contributed by atoms with Crippen molar-refractivity contribution in [2.24, 2.45) is 0 Å². The van der Waals surface area contributed by atoms with E-state index in [2.05, 4.69) is 0 Å². The smallest absolute Gasteiger partial charge is 0.193 e. The van der Waals surface area contributed by atoms with E-state index in [1.54, 1.807) is 37.3 Å². The second-order valence-electron chi connectivity index (χ2n) is 5.10. The average Bonchev–Trinajstić information content (AvgIpc) is 2.55. The number of hydrogen-bond acceptors (Lipinski definition) is 4. The molecule has 0 aromatic heterocycles. The minimum absolute atomic E-state index is 0.0329. The van der Waals surface area contributed by atoms with Gasteiger partial charge < -0.3 is 14.9 Å². The Morgan fingerprint density at radius 1 is 1.09 bits per heavy atom. The number of benzene rings is 2. The van der Waals surface area contributed by atoms with Gasteiger partial charge in [-0.15, -0.1) is 0 Å². The first kappa shape index (κ1) is 16.9. The first-order valence-electron chi connectivity index (χ1n) is 6.93. The molecule has 2 N–H and O–H groups in total. The topological polar surface area (TPSA) is 66.8 Å². The van der Waals surface area contributed by atoms with E-state index in [9.17, 15) is 15.0 Å². The molecule has 4 nitrogen and oxygen atoms in total. The Hall–Kier alpha value is -2.46. The first-order valence-corrected chi connectivity index (χ1v) is 7.31. The van der Waals surface area contributed by atoms with Crippen LogP contribution in [0.5, 0.6) is 17.2 Å². The van der Waals surface area contributed by atoms with Crippen molar-refractivity contribution < 1.29 is 19.7 Å². The van der Waals surface area contributed by atoms with Gasteiger partial charge in [0.15, 0.2) is 5.78 Å². The number of phenolic OH excluding ortho intramolecular Hbond substituents is 2. The molecule has 2 rings (SSSR count). The van der Waals surface area contributed by atoms with E-state index in [4.69, 9.17) is 16.3 Å². The number of carbonyl (C=O) groups is 1. The van der Waals surface area contributed by atoms with E-state index in [0.29, 0.717) is 10.6 Å². The van der Waals surface area contributed by atoms with Gasteiger partial charge in [-0.25, -0.2) is 0 Å². The van der Waals surface area contributed by atoms with Gasteiger partial charge in [0, 0.05) is 16.1 Å². The number of allylic oxidation sites excluding steroid dienone is 1. The summed E-state index contributed by atoms with van der Waals surface area (Å²) in [5.74, 6) is -0.620. The molecule has 120 valence electrons. The van der Waals surface area contributed by atoms with E-state index in [1.165, 1.54) is 20.1 Å². The molecular weight excluding hydrogens is 316 g/mol. The Balaban J connectivity index is 2.45. The summed E-state index contributed by atoms with van der Waals surface area (Å²) >= 11 is 5.82. The molecule has 23 heavy (non-hydrogen) atoms. The summed E-state index contributed by atoms with van der Waals surface area (Å²) in [5, 5.41) is 20.8. The van der Waals surface area contributed by atoms with Crippen LogP contribution in [-0.4, -0.2) is 23.1 Å². The summed E-state index contributed by atoms with van der Waals surface area (Å²) in [7, 11) is 1.39. The standard InChI is InChI=1S/C18H17ClO4/c1-10-16(21)11(2)18(23-3)15(17(10)22)14(20)9-6-12-4-7-13(19)8-5-12/h4-9,21-22H,1-3H3. The van der Waals surface area contributed by atoms with Crippen LogP contribution < -0.4 is 4.74 Å². The Morgan fingerprint density at radius 3 is 2.26 bits per heavy atom. The van der Waals surface area contributed by atoms with Gasteiger partial charge >= 0.3 is 0 Å². The quantitative estimate of drug-likeness (QED) is 0.648. The summed E-state index contributed by atoms with van der Waals surface area (Å²) in [6, 6.07) is 6.99. The predicted octanol–water partition coefficient (Wildman–Crippen LogP) is 4.27. The third-order valence-corrected chi connectivity index (χ3v) is 3.87. The Labute approximate surface area is 139 Å². The van der Waals surface area contributed by atoms with Crippen LogP contribution in [0.4, 0.5) is 0 Å². The fraction of sp³-hybridized carbons (Fsp3) is 0.167. The molecule has 0 radical (unpaired) electrons. The maximum Gasteiger partial charge on any atom is 0.193 e. The molecule has 0 amide bonds. The highest BCUT2D eigenvalue weighted by Crippen LogP contribution is 2.41. The average molecular weight is 333 g/mol. The molecule has 0 atom stereocenters. The minimum Gasteiger partial charge on any atom is -0.507 e. The highest BCUT2D eigenvalue weighted by molar-refractivity contribution is 6.30. The lowest BCUT2D eigenvalue weighted by Gasteiger charge is -2.15. The molecule has 0 heterocycles. The van der Waals surface area contributed by atoms with E-state index in [1.807, 2.05) is 0 Å². The zero-order valence-electron chi connectivity index (χ0n) is 13.1. The van der Waals surface area contributed by atoms with Crippen molar-refractivity contribution in [3.8, 4) is 17.2 Å². The number of methoxy groups -OCH3 is 1. The van der Waals surface area contributed by atoms with Crippen molar-refractivity contribution in [1.29, 1.82) is 0 Å². The molecule has 2 aromatic carbocycles. The first-order chi connectivity index (χ1) is 10.9. The van der Waals surface area contributed by atoms with E-state index in [0.717, 1.165) is 5.56 Å². The fourth-order valence-electron chi connectivity index (χ4n) is 2.30. The van der Waals surface area contributed by atoms with E-state index < -0.39 is 5.78 Å². The number of ether oxygens (including phenoxy) is 1. The molecule has 0 unspecified atom stereocenters. The van der Waals surface area contributed by atoms with Crippen LogP contribution >= 0.6 is 11.6 Å². The van der Waals surface area contributed by atoms with Crippen LogP contribution in [0.2, 0.25) is 5.02 Å². The Bertz CT molecular complexity index is 777. The molecule has 0 fully saturated rings. The lowest BCUT2D eigenvalue weighted by molar-refractivity contribution is 0.104. The van der Waals surface area contributed by atoms with Crippen LogP contribution in [0.1, 0.15) is 27.0 Å². The number of hydrogen-bond donors (Lipinski definition) is 2. The minimum atomic E-state index is -0.416. The monoisotopic (exact) mass is 332 g/mol. The van der Waals surface area contributed by atoms with Crippen LogP contribution in [0.3, 0.4) is 0 Å². The molecular formula is C18H17ClO4. The third-order valence-electron chi connectivity index (χ3n) is 3.62. The molecule has 0 bridgehead atoms. The second-order valence-corrected chi connectivity index (χ2v) is 5.54. The Kier molecular flexibility index (Phi) is 4.96. The predicted molar refractivity (Wildman–Crippen MR) is 90.6 cm³/mol. The van der Waals surface area contributed by atoms with Gasteiger partial charge in [-0.2, -0.15) is 0 Å². The van der Waals surface area contributed by atoms with Crippen molar-refractivity contribution in [3.05, 3.63) is 57.6 Å². The van der Waals surface area contributed by atoms with E-state index >= 15 is 0 Å². The molecule has 0 saturated heterocycles. The molecule has 5 heteroatoms. The number of phenols is 2. The largest absolute Gasteiger partial charge is 0.507 e. The fourth-order valence-corrected chi connectivity index (χ4v) is 2.42. The Morgan fingerprint density at radius 2 is 1.70 bits per heavy atom. The van der Waals surface area contributed by atoms with Gasteiger partial charge in [-0.1, -0.05) is 29.8 Å². The summed E-state index contributed by atoms with van der Waals surface area (Å²) in [6.45, 7) is 3.16. The van der Waals surface area contributed by atoms with Crippen molar-refractivity contribution >= 4 is 23.5 Å². The highest BCUT2D eigenvalue weighted by Gasteiger charge is 2.23. The van der Waals surface area contributed by atoms with Crippen LogP contribution in [0.25, 0.3) is 6.08 Å². The van der Waals surface area contributed by atoms with Crippen molar-refractivity contribution in [1.82, 2.24) is 0 Å². The van der Waals surface area contributed by atoms with Gasteiger partial charge in [0.1, 0.15) is 22.8 Å². The maximum absolute atomic E-state index is 12.5. The van der Waals surface area contributed by atoms with Gasteiger partial charge in [0.05, 0.1) is 7.11 Å². The van der Waals surface area contributed by atoms with Crippen LogP contribution in [-0.2, 0) is 0 Å². The summed E-state index contributed by atoms with van der Waals surface area (Å²) < 4.78 is 5.19. The summed E-state index contributed by atoms with van der Waals surface area (Å²) in [4.78, 5) is 12.5. The van der Waals surface area contributed by atoms with Gasteiger partial charge in [-0.05, 0) is 37.6 Å². The molecule has 2 aromatic rings. The molecule has 0 aliphatic carbocycles. The molecule has 0 saturated carbocycles. The van der Waals surface area contributed by atoms with E-state index in [-0.39, 0.29) is 28.4 Å². The number of carbonyl (C=O) groups excluding carboxylic acids is 1. The normalized spacial score (nSPS) is 11.0. The van der Waals surface area contributed by atoms with Gasteiger partial charge in [-0.3, -0.25) is 4.79 Å². The van der Waals surface area contributed by atoms with Crippen LogP contribution in [0.15, 0.2) is 30.3 Å². The molecule has 0 aliphatic heterocycles. The number of halogens is 1. The zero-order chi connectivity index (χ0) is 17.1. The third kappa shape index (κ3) is 3.32. The van der Waals surface area contributed by atoms with Crippen molar-refractivity contribution in [3.63, 3.8) is 0 Å². The second kappa shape index (κ2) is 6.75. The van der Waals surface area contributed by atoms with Gasteiger partial charge in [0.2, 0.25) is 0 Å². The highest BCUT2D eigenvalue weighted by atomic mass is 35.5. The number of rotatable bonds is 4. The number of aromatic hydroxyl groups is 2. The molecule has 0 spiro atoms. The SMILES string of the molecule is COc1c(C)c(O)c(C)c(O)c1C(=O)C=Cc1ccc(Cl)cc1. The molecule has 0 aliphatic rings. The lowest BCUT2D eigenvalue weighted by atomic mass is 9.98. The lowest BCUT2D eigenvalue weighted by Crippen LogP contribution is -2.03. The van der Waals surface area contributed by atoms with Crippen molar-refractivity contribution in [2.45, 2.75) is 13.8 Å². The summed E-state index contributed by atoms with van der Waals surface area (Å²) in [6.07, 6.45) is 2.96. The van der Waals surface area contributed by atoms with Gasteiger partial charge in [0.25, 0.3) is 0 Å². The number of ketones is 1. The van der Waals surface area contributed by atoms with Crippen LogP contribution in [0, 0.1) is 13.8 Å². The zero-order valence-corrected chi connectivity index (χ0v) is 13.8. The summed E-state index contributed by atoms with van der Waals surface area (Å²) in [5.41, 5.74) is 1.48. The van der Waals surface area contributed by atoms with Crippen molar-refractivity contribution in [2.75, 3.05) is 7.11 Å².